The number of piperazine rings is 1. The third-order valence-corrected chi connectivity index (χ3v) is 5.99. The van der Waals surface area contributed by atoms with Gasteiger partial charge in [-0.3, -0.25) is 9.89 Å². The van der Waals surface area contributed by atoms with E-state index in [1.54, 1.807) is 0 Å². The molecule has 0 bridgehead atoms. The van der Waals surface area contributed by atoms with E-state index in [2.05, 4.69) is 33.8 Å². The predicted molar refractivity (Wildman–Crippen MR) is 121 cm³/mol. The maximum absolute atomic E-state index is 13.4. The van der Waals surface area contributed by atoms with E-state index in [4.69, 9.17) is 4.98 Å². The van der Waals surface area contributed by atoms with Crippen molar-refractivity contribution in [1.29, 1.82) is 0 Å². The fourth-order valence-electron chi connectivity index (χ4n) is 4.11. The van der Waals surface area contributed by atoms with Crippen molar-refractivity contribution in [3.63, 3.8) is 0 Å². The van der Waals surface area contributed by atoms with E-state index < -0.39 is 0 Å². The van der Waals surface area contributed by atoms with E-state index in [9.17, 15) is 4.79 Å². The number of carbonyl (C=O) groups is 1. The van der Waals surface area contributed by atoms with Crippen LogP contribution in [0.3, 0.4) is 0 Å². The van der Waals surface area contributed by atoms with Crippen molar-refractivity contribution in [3.05, 3.63) is 47.3 Å². The summed E-state index contributed by atoms with van der Waals surface area (Å²) in [7, 11) is 0. The Labute approximate surface area is 182 Å². The Kier molecular flexibility index (Phi) is 5.66. The summed E-state index contributed by atoms with van der Waals surface area (Å²) in [5.74, 6) is 2.01. The molecule has 8 heteroatoms. The molecule has 1 aromatic carbocycles. The number of nitrogens with zero attached hydrogens (tertiary/aromatic N) is 3. The molecule has 5 rings (SSSR count). The number of anilines is 2. The molecular formula is C22H27ClN6O. The second kappa shape index (κ2) is 8.24. The lowest BCUT2D eigenvalue weighted by Crippen LogP contribution is -2.52. The van der Waals surface area contributed by atoms with E-state index in [1.165, 1.54) is 12.8 Å². The summed E-state index contributed by atoms with van der Waals surface area (Å²) in [4.78, 5) is 20.1. The Morgan fingerprint density at radius 3 is 2.73 bits per heavy atom. The number of aromatic nitrogens is 3. The quantitative estimate of drug-likeness (QED) is 0.591. The molecule has 1 aliphatic carbocycles. The topological polar surface area (TPSA) is 85.9 Å². The number of aryl methyl sites for hydroxylation is 1. The lowest BCUT2D eigenvalue weighted by atomic mass is 10.0. The lowest BCUT2D eigenvalue weighted by Gasteiger charge is -2.34. The summed E-state index contributed by atoms with van der Waals surface area (Å²) in [6.45, 7) is 6.37. The zero-order valence-corrected chi connectivity index (χ0v) is 18.1. The van der Waals surface area contributed by atoms with Gasteiger partial charge < -0.3 is 15.5 Å². The zero-order valence-electron chi connectivity index (χ0n) is 17.2. The number of hydrogen-bond donors (Lipinski definition) is 3. The third kappa shape index (κ3) is 3.75. The van der Waals surface area contributed by atoms with E-state index in [-0.39, 0.29) is 24.4 Å². The Bertz CT molecular complexity index is 1080. The highest BCUT2D eigenvalue weighted by Gasteiger charge is 2.28. The molecule has 1 aliphatic heterocycles. The molecule has 2 aromatic heterocycles. The molecule has 2 aliphatic rings. The van der Waals surface area contributed by atoms with Crippen molar-refractivity contribution >= 4 is 40.7 Å². The molecule has 0 unspecified atom stereocenters. The van der Waals surface area contributed by atoms with E-state index in [0.29, 0.717) is 24.0 Å². The van der Waals surface area contributed by atoms with Gasteiger partial charge in [-0.2, -0.15) is 5.10 Å². The van der Waals surface area contributed by atoms with Gasteiger partial charge in [-0.05, 0) is 37.6 Å². The van der Waals surface area contributed by atoms with Crippen LogP contribution in [0, 0.1) is 6.92 Å². The molecule has 0 radical (unpaired) electrons. The maximum atomic E-state index is 13.4. The highest BCUT2D eigenvalue weighted by atomic mass is 35.5. The number of fused-ring (bicyclic) bond motifs is 1. The van der Waals surface area contributed by atoms with Crippen LogP contribution in [0.5, 0.6) is 0 Å². The van der Waals surface area contributed by atoms with Gasteiger partial charge in [0.05, 0.1) is 0 Å². The molecule has 7 nitrogen and oxygen atoms in total. The smallest absolute Gasteiger partial charge is 0.273 e. The fourth-order valence-corrected chi connectivity index (χ4v) is 4.11. The third-order valence-electron chi connectivity index (χ3n) is 5.99. The van der Waals surface area contributed by atoms with Crippen molar-refractivity contribution in [1.82, 2.24) is 25.4 Å². The van der Waals surface area contributed by atoms with Crippen molar-refractivity contribution in [3.8, 4) is 0 Å². The fraction of sp³-hybridized carbons (Fsp3) is 0.409. The van der Waals surface area contributed by atoms with Crippen molar-refractivity contribution in [2.75, 3.05) is 25.0 Å². The van der Waals surface area contributed by atoms with Gasteiger partial charge >= 0.3 is 0 Å². The standard InChI is InChI=1S/C22H26N6O.ClH/c1-13-12-23-9-10-28(13)22(29)20-14(2)16-5-3-4-6-17(16)21(25-20)24-19-11-18(26-27-19)15-7-8-15;/h3-6,11,13,15,23H,7-10,12H2,1-2H3,(H2,24,25,26,27);1H/t13-;/m0./s1. The summed E-state index contributed by atoms with van der Waals surface area (Å²) >= 11 is 0. The van der Waals surface area contributed by atoms with E-state index >= 15 is 0 Å². The van der Waals surface area contributed by atoms with Gasteiger partial charge in [0.1, 0.15) is 11.5 Å². The van der Waals surface area contributed by atoms with Gasteiger partial charge in [-0.1, -0.05) is 24.3 Å². The minimum atomic E-state index is -0.00833. The number of pyridine rings is 1. The normalized spacial score (nSPS) is 18.9. The summed E-state index contributed by atoms with van der Waals surface area (Å²) in [5, 5.41) is 16.2. The van der Waals surface area contributed by atoms with Gasteiger partial charge in [-0.15, -0.1) is 12.4 Å². The molecule has 1 amide bonds. The number of H-pyrrole nitrogens is 1. The van der Waals surface area contributed by atoms with Crippen LogP contribution in [0.2, 0.25) is 0 Å². The second-order valence-corrected chi connectivity index (χ2v) is 8.14. The SMILES string of the molecule is Cc1c(C(=O)N2CCNC[C@@H]2C)nc(Nc2cc(C3CC3)[nH]n2)c2ccccc12.Cl. The molecule has 1 saturated carbocycles. The van der Waals surface area contributed by atoms with Crippen LogP contribution < -0.4 is 10.6 Å². The number of rotatable bonds is 4. The van der Waals surface area contributed by atoms with Crippen molar-refractivity contribution < 1.29 is 4.79 Å². The van der Waals surface area contributed by atoms with Crippen LogP contribution >= 0.6 is 12.4 Å². The van der Waals surface area contributed by atoms with Gasteiger partial charge in [0, 0.05) is 48.7 Å². The summed E-state index contributed by atoms with van der Waals surface area (Å²) in [6.07, 6.45) is 2.43. The molecule has 3 heterocycles. The van der Waals surface area contributed by atoms with E-state index in [1.807, 2.05) is 36.1 Å². The minimum Gasteiger partial charge on any atom is -0.332 e. The van der Waals surface area contributed by atoms with Crippen molar-refractivity contribution in [2.24, 2.45) is 0 Å². The molecular weight excluding hydrogens is 400 g/mol. The minimum absolute atomic E-state index is 0. The average molecular weight is 427 g/mol. The van der Waals surface area contributed by atoms with Crippen LogP contribution in [-0.2, 0) is 0 Å². The largest absolute Gasteiger partial charge is 0.332 e. The Morgan fingerprint density at radius 2 is 2.00 bits per heavy atom. The number of aromatic amines is 1. The lowest BCUT2D eigenvalue weighted by molar-refractivity contribution is 0.0649. The summed E-state index contributed by atoms with van der Waals surface area (Å²) < 4.78 is 0. The zero-order chi connectivity index (χ0) is 20.0. The molecule has 3 N–H and O–H groups in total. The monoisotopic (exact) mass is 426 g/mol. The highest BCUT2D eigenvalue weighted by molar-refractivity contribution is 6.03. The summed E-state index contributed by atoms with van der Waals surface area (Å²) in [5.41, 5.74) is 2.59. The molecule has 2 fully saturated rings. The number of benzene rings is 1. The van der Waals surface area contributed by atoms with Gasteiger partial charge in [-0.25, -0.2) is 4.98 Å². The van der Waals surface area contributed by atoms with Crippen LogP contribution in [0.1, 0.15) is 47.4 Å². The van der Waals surface area contributed by atoms with Crippen LogP contribution in [-0.4, -0.2) is 51.7 Å². The molecule has 30 heavy (non-hydrogen) atoms. The van der Waals surface area contributed by atoms with Gasteiger partial charge in [0.2, 0.25) is 0 Å². The highest BCUT2D eigenvalue weighted by Crippen LogP contribution is 2.40. The van der Waals surface area contributed by atoms with Crippen LogP contribution in [0.15, 0.2) is 30.3 Å². The maximum Gasteiger partial charge on any atom is 0.273 e. The Hall–Kier alpha value is -2.64. The molecule has 1 saturated heterocycles. The first-order valence-corrected chi connectivity index (χ1v) is 10.3. The van der Waals surface area contributed by atoms with Crippen molar-refractivity contribution in [2.45, 2.75) is 38.6 Å². The Balaban J connectivity index is 0.00000218. The predicted octanol–water partition coefficient (Wildman–Crippen LogP) is 3.74. The van der Waals surface area contributed by atoms with Crippen LogP contribution in [0.25, 0.3) is 10.8 Å². The van der Waals surface area contributed by atoms with Gasteiger partial charge in [0.25, 0.3) is 5.91 Å². The summed E-state index contributed by atoms with van der Waals surface area (Å²) in [6, 6.07) is 10.3. The van der Waals surface area contributed by atoms with E-state index in [0.717, 1.165) is 40.9 Å². The molecule has 158 valence electrons. The van der Waals surface area contributed by atoms with Gasteiger partial charge in [0.15, 0.2) is 5.82 Å². The number of amides is 1. The first kappa shape index (κ1) is 20.6. The average Bonchev–Trinajstić information content (AvgIpc) is 3.49. The van der Waals surface area contributed by atoms with Crippen LogP contribution in [0.4, 0.5) is 11.6 Å². The number of hydrogen-bond acceptors (Lipinski definition) is 5. The molecule has 1 atom stereocenters. The second-order valence-electron chi connectivity index (χ2n) is 8.14. The number of halogens is 1. The first-order valence-electron chi connectivity index (χ1n) is 10.3. The number of nitrogens with one attached hydrogen (secondary N) is 3. The first-order chi connectivity index (χ1) is 14.1. The Morgan fingerprint density at radius 1 is 1.23 bits per heavy atom. The molecule has 3 aromatic rings. The molecule has 0 spiro atoms. The number of carbonyl (C=O) groups excluding carboxylic acids is 1.